The highest BCUT2D eigenvalue weighted by molar-refractivity contribution is 5.81. The number of anilines is 2. The number of para-hydroxylation sites is 1. The number of rotatable bonds is 3. The monoisotopic (exact) mass is 368 g/mol. The van der Waals surface area contributed by atoms with Gasteiger partial charge in [-0.25, -0.2) is 0 Å². The molecule has 0 aromatic heterocycles. The van der Waals surface area contributed by atoms with Gasteiger partial charge in [-0.3, -0.25) is 4.79 Å². The van der Waals surface area contributed by atoms with Crippen LogP contribution >= 0.6 is 0 Å². The standard InChI is InChI=1S/C22H32N4O/c1-23-14-15-26-19-8-12-24(13-9-21(27)25-10-3-2-4-11-25)16-18(19)17-6-5-7-20(23)22(17)26/h5-7,18-19H,2-4,8-16H2,1H3/t18-,19-/m0/s1. The van der Waals surface area contributed by atoms with Crippen LogP contribution in [0.15, 0.2) is 18.2 Å². The van der Waals surface area contributed by atoms with Gasteiger partial charge >= 0.3 is 0 Å². The Kier molecular flexibility index (Phi) is 4.50. The van der Waals surface area contributed by atoms with Crippen molar-refractivity contribution in [3.63, 3.8) is 0 Å². The molecule has 5 nitrogen and oxygen atoms in total. The summed E-state index contributed by atoms with van der Waals surface area (Å²) in [7, 11) is 2.22. The van der Waals surface area contributed by atoms with Gasteiger partial charge in [-0.15, -0.1) is 0 Å². The molecule has 0 unspecified atom stereocenters. The third-order valence-corrected chi connectivity index (χ3v) is 7.23. The second-order valence-corrected chi connectivity index (χ2v) is 8.78. The van der Waals surface area contributed by atoms with E-state index in [4.69, 9.17) is 0 Å². The summed E-state index contributed by atoms with van der Waals surface area (Å²) in [6, 6.07) is 7.51. The van der Waals surface area contributed by atoms with Gasteiger partial charge in [0.1, 0.15) is 0 Å². The van der Waals surface area contributed by atoms with Crippen LogP contribution in [0.3, 0.4) is 0 Å². The van der Waals surface area contributed by atoms with E-state index in [-0.39, 0.29) is 0 Å². The fourth-order valence-electron chi connectivity index (χ4n) is 5.73. The fourth-order valence-corrected chi connectivity index (χ4v) is 5.73. The molecule has 1 amide bonds. The Balaban J connectivity index is 1.26. The lowest BCUT2D eigenvalue weighted by molar-refractivity contribution is -0.132. The molecule has 0 aliphatic carbocycles. The number of piperidine rings is 2. The van der Waals surface area contributed by atoms with Gasteiger partial charge in [0.25, 0.3) is 0 Å². The second-order valence-electron chi connectivity index (χ2n) is 8.78. The van der Waals surface area contributed by atoms with Crippen LogP contribution in [0.25, 0.3) is 0 Å². The third kappa shape index (κ3) is 3.00. The number of carbonyl (C=O) groups is 1. The Hall–Kier alpha value is -1.75. The summed E-state index contributed by atoms with van der Waals surface area (Å²) in [5.41, 5.74) is 4.43. The van der Waals surface area contributed by atoms with Crippen molar-refractivity contribution < 1.29 is 4.79 Å². The highest BCUT2D eigenvalue weighted by Gasteiger charge is 2.44. The number of likely N-dealkylation sites (N-methyl/N-ethyl adjacent to an activating group) is 1. The summed E-state index contributed by atoms with van der Waals surface area (Å²) in [4.78, 5) is 22.3. The largest absolute Gasteiger partial charge is 0.371 e. The van der Waals surface area contributed by atoms with E-state index in [1.54, 1.807) is 0 Å². The summed E-state index contributed by atoms with van der Waals surface area (Å²) in [6.45, 7) is 7.37. The number of fused-ring (bicyclic) bond motifs is 3. The van der Waals surface area contributed by atoms with Crippen molar-refractivity contribution in [1.29, 1.82) is 0 Å². The predicted molar refractivity (Wildman–Crippen MR) is 110 cm³/mol. The molecular weight excluding hydrogens is 336 g/mol. The zero-order valence-electron chi connectivity index (χ0n) is 16.6. The van der Waals surface area contributed by atoms with Crippen LogP contribution in [0.5, 0.6) is 0 Å². The Morgan fingerprint density at radius 1 is 1.07 bits per heavy atom. The number of hydrogen-bond acceptors (Lipinski definition) is 4. The smallest absolute Gasteiger partial charge is 0.223 e. The summed E-state index contributed by atoms with van der Waals surface area (Å²) in [5.74, 6) is 0.970. The molecular formula is C22H32N4O. The van der Waals surface area contributed by atoms with Crippen molar-refractivity contribution in [2.24, 2.45) is 0 Å². The van der Waals surface area contributed by atoms with Gasteiger partial charge in [0.05, 0.1) is 11.4 Å². The van der Waals surface area contributed by atoms with E-state index in [2.05, 4.69) is 44.8 Å². The predicted octanol–water partition coefficient (Wildman–Crippen LogP) is 2.52. The van der Waals surface area contributed by atoms with Crippen LogP contribution in [-0.4, -0.2) is 74.6 Å². The van der Waals surface area contributed by atoms with E-state index in [0.29, 0.717) is 24.3 Å². The minimum Gasteiger partial charge on any atom is -0.371 e. The zero-order valence-corrected chi connectivity index (χ0v) is 16.6. The summed E-state index contributed by atoms with van der Waals surface area (Å²) < 4.78 is 0. The van der Waals surface area contributed by atoms with Crippen LogP contribution in [0.1, 0.15) is 43.6 Å². The molecule has 5 rings (SSSR count). The lowest BCUT2D eigenvalue weighted by Gasteiger charge is -2.41. The molecule has 4 aliphatic rings. The number of hydrogen-bond donors (Lipinski definition) is 0. The highest BCUT2D eigenvalue weighted by Crippen LogP contribution is 2.50. The van der Waals surface area contributed by atoms with Gasteiger partial charge < -0.3 is 19.6 Å². The number of likely N-dealkylation sites (tertiary alicyclic amines) is 2. The lowest BCUT2D eigenvalue weighted by atomic mass is 9.89. The normalized spacial score (nSPS) is 27.5. The van der Waals surface area contributed by atoms with Gasteiger partial charge in [0.2, 0.25) is 5.91 Å². The minimum atomic E-state index is 0.368. The fraction of sp³-hybridized carbons (Fsp3) is 0.682. The van der Waals surface area contributed by atoms with Crippen molar-refractivity contribution in [3.05, 3.63) is 23.8 Å². The minimum absolute atomic E-state index is 0.368. The number of carbonyl (C=O) groups excluding carboxylic acids is 1. The molecule has 1 aromatic rings. The molecule has 2 atom stereocenters. The third-order valence-electron chi connectivity index (χ3n) is 7.23. The van der Waals surface area contributed by atoms with Gasteiger partial charge in [-0.2, -0.15) is 0 Å². The molecule has 4 heterocycles. The SMILES string of the molecule is CN1CCN2c3c(cccc31)[C@@H]1CN(CCC(=O)N3CCCCC3)CC[C@@H]12. The van der Waals surface area contributed by atoms with Crippen LogP contribution in [0.2, 0.25) is 0 Å². The van der Waals surface area contributed by atoms with Crippen LogP contribution in [0, 0.1) is 0 Å². The van der Waals surface area contributed by atoms with Crippen LogP contribution < -0.4 is 9.80 Å². The topological polar surface area (TPSA) is 30.0 Å². The first kappa shape index (κ1) is 17.4. The molecule has 0 radical (unpaired) electrons. The molecule has 146 valence electrons. The molecule has 4 aliphatic heterocycles. The molecule has 0 spiro atoms. The molecule has 0 saturated carbocycles. The maximum absolute atomic E-state index is 12.5. The van der Waals surface area contributed by atoms with E-state index >= 15 is 0 Å². The Morgan fingerprint density at radius 3 is 2.78 bits per heavy atom. The zero-order chi connectivity index (χ0) is 18.4. The average molecular weight is 369 g/mol. The van der Waals surface area contributed by atoms with E-state index < -0.39 is 0 Å². The number of nitrogens with zero attached hydrogens (tertiary/aromatic N) is 4. The van der Waals surface area contributed by atoms with Gasteiger partial charge in [-0.05, 0) is 37.3 Å². The van der Waals surface area contributed by atoms with E-state index in [9.17, 15) is 4.79 Å². The quantitative estimate of drug-likeness (QED) is 0.820. The number of benzene rings is 1. The Morgan fingerprint density at radius 2 is 1.93 bits per heavy atom. The van der Waals surface area contributed by atoms with Crippen LogP contribution in [-0.2, 0) is 4.79 Å². The maximum atomic E-state index is 12.5. The van der Waals surface area contributed by atoms with Crippen molar-refractivity contribution in [2.75, 3.05) is 62.7 Å². The van der Waals surface area contributed by atoms with E-state index in [0.717, 1.165) is 45.8 Å². The van der Waals surface area contributed by atoms with E-state index in [1.165, 1.54) is 42.6 Å². The second kappa shape index (κ2) is 7.01. The first-order chi connectivity index (χ1) is 13.2. The first-order valence-electron chi connectivity index (χ1n) is 10.8. The molecule has 0 N–H and O–H groups in total. The van der Waals surface area contributed by atoms with Crippen molar-refractivity contribution >= 4 is 17.3 Å². The van der Waals surface area contributed by atoms with E-state index in [1.807, 2.05) is 0 Å². The van der Waals surface area contributed by atoms with Crippen molar-refractivity contribution in [1.82, 2.24) is 9.80 Å². The molecule has 5 heteroatoms. The van der Waals surface area contributed by atoms with Gasteiger partial charge in [0, 0.05) is 71.2 Å². The van der Waals surface area contributed by atoms with Crippen molar-refractivity contribution in [3.8, 4) is 0 Å². The summed E-state index contributed by atoms with van der Waals surface area (Å²) >= 11 is 0. The van der Waals surface area contributed by atoms with Crippen molar-refractivity contribution in [2.45, 2.75) is 44.1 Å². The Bertz CT molecular complexity index is 714. The first-order valence-corrected chi connectivity index (χ1v) is 10.8. The molecule has 1 aromatic carbocycles. The molecule has 2 saturated heterocycles. The average Bonchev–Trinajstić information content (AvgIpc) is 3.04. The summed E-state index contributed by atoms with van der Waals surface area (Å²) in [6.07, 6.45) is 5.56. The molecule has 0 bridgehead atoms. The summed E-state index contributed by atoms with van der Waals surface area (Å²) in [5, 5.41) is 0. The molecule has 2 fully saturated rings. The lowest BCUT2D eigenvalue weighted by Crippen LogP contribution is -2.49. The molecule has 27 heavy (non-hydrogen) atoms. The highest BCUT2D eigenvalue weighted by atomic mass is 16.2. The Labute approximate surface area is 162 Å². The maximum Gasteiger partial charge on any atom is 0.223 e. The number of amides is 1. The van der Waals surface area contributed by atoms with Gasteiger partial charge in [-0.1, -0.05) is 12.1 Å². The van der Waals surface area contributed by atoms with Crippen LogP contribution in [0.4, 0.5) is 11.4 Å². The van der Waals surface area contributed by atoms with Gasteiger partial charge in [0.15, 0.2) is 0 Å².